The number of unbranched alkanes of at least 4 members (excludes halogenated alkanes) is 13. The van der Waals surface area contributed by atoms with Gasteiger partial charge in [0.25, 0.3) is 0 Å². The maximum absolute atomic E-state index is 11.4. The minimum absolute atomic E-state index is 0. The number of hydrogen-bond donors (Lipinski definition) is 1. The van der Waals surface area contributed by atoms with Crippen LogP contribution in [0, 0.1) is 0 Å². The van der Waals surface area contributed by atoms with E-state index in [0.717, 1.165) is 12.8 Å². The second-order valence-electron chi connectivity index (χ2n) is 7.28. The summed E-state index contributed by atoms with van der Waals surface area (Å²) in [5.74, 6) is -1.71. The fourth-order valence-electron chi connectivity index (χ4n) is 2.95. The number of ether oxygens (including phenoxy) is 1. The number of carboxylic acid groups (broad SMARTS) is 1. The topological polar surface area (TPSA) is 92.5 Å². The molecule has 0 rings (SSSR count). The molecule has 154 valence electrons. The SMILES string of the molecule is CCCCCCCCCCCCCCCCOC(=O)CC[C@H](N)C(=O)[O-].[Na+]. The molecule has 5 nitrogen and oxygen atoms in total. The molecule has 0 aliphatic carbocycles. The molecule has 0 aromatic carbocycles. The Morgan fingerprint density at radius 3 is 1.63 bits per heavy atom. The first-order chi connectivity index (χ1) is 12.6. The zero-order valence-corrected chi connectivity index (χ0v) is 19.8. The Morgan fingerprint density at radius 2 is 1.22 bits per heavy atom. The van der Waals surface area contributed by atoms with E-state index in [1.165, 1.54) is 77.0 Å². The van der Waals surface area contributed by atoms with Crippen LogP contribution in [0.3, 0.4) is 0 Å². The van der Waals surface area contributed by atoms with Crippen molar-refractivity contribution in [1.82, 2.24) is 0 Å². The molecular formula is C21H40NNaO4. The smallest absolute Gasteiger partial charge is 0.548 e. The molecule has 0 aliphatic rings. The molecule has 0 amide bonds. The summed E-state index contributed by atoms with van der Waals surface area (Å²) in [6.45, 7) is 2.67. The van der Waals surface area contributed by atoms with E-state index in [0.29, 0.717) is 6.61 Å². The van der Waals surface area contributed by atoms with Gasteiger partial charge in [-0.25, -0.2) is 0 Å². The summed E-state index contributed by atoms with van der Waals surface area (Å²) in [6, 6.07) is -1.09. The van der Waals surface area contributed by atoms with Gasteiger partial charge in [-0.3, -0.25) is 4.79 Å². The molecule has 0 fully saturated rings. The Bertz CT molecular complexity index is 353. The third-order valence-corrected chi connectivity index (χ3v) is 4.72. The first-order valence-electron chi connectivity index (χ1n) is 10.7. The van der Waals surface area contributed by atoms with Crippen LogP contribution >= 0.6 is 0 Å². The van der Waals surface area contributed by atoms with Crippen LogP contribution in [0.15, 0.2) is 0 Å². The summed E-state index contributed by atoms with van der Waals surface area (Å²) in [7, 11) is 0. The number of hydrogen-bond acceptors (Lipinski definition) is 5. The second kappa shape index (κ2) is 22.2. The van der Waals surface area contributed by atoms with E-state index in [9.17, 15) is 14.7 Å². The summed E-state index contributed by atoms with van der Waals surface area (Å²) < 4.78 is 5.07. The monoisotopic (exact) mass is 393 g/mol. The predicted molar refractivity (Wildman–Crippen MR) is 103 cm³/mol. The van der Waals surface area contributed by atoms with Gasteiger partial charge in [0.2, 0.25) is 0 Å². The van der Waals surface area contributed by atoms with Crippen LogP contribution < -0.4 is 40.4 Å². The van der Waals surface area contributed by atoms with Crippen molar-refractivity contribution in [2.24, 2.45) is 5.73 Å². The minimum atomic E-state index is -1.33. The van der Waals surface area contributed by atoms with Crippen LogP contribution in [0.2, 0.25) is 0 Å². The number of aliphatic carboxylic acids is 1. The van der Waals surface area contributed by atoms with Gasteiger partial charge in [0, 0.05) is 12.5 Å². The van der Waals surface area contributed by atoms with Gasteiger partial charge in [-0.2, -0.15) is 0 Å². The fraction of sp³-hybridized carbons (Fsp3) is 0.905. The molecule has 0 radical (unpaired) electrons. The van der Waals surface area contributed by atoms with Crippen molar-refractivity contribution in [3.8, 4) is 0 Å². The first kappa shape index (κ1) is 29.1. The standard InChI is InChI=1S/C21H41NO4.Na/c1-2-3-4-5-6-7-8-9-10-11-12-13-14-15-18-26-20(23)17-16-19(22)21(24)25;/h19H,2-18,22H2,1H3,(H,24,25);/q;+1/p-1/t19-;/m0./s1. The van der Waals surface area contributed by atoms with Gasteiger partial charge in [-0.1, -0.05) is 90.4 Å². The molecule has 0 spiro atoms. The van der Waals surface area contributed by atoms with Gasteiger partial charge in [0.15, 0.2) is 0 Å². The molecule has 0 saturated carbocycles. The summed E-state index contributed by atoms with van der Waals surface area (Å²) in [5, 5.41) is 10.4. The Hall–Kier alpha value is -0.100. The average Bonchev–Trinajstić information content (AvgIpc) is 2.62. The molecular weight excluding hydrogens is 353 g/mol. The van der Waals surface area contributed by atoms with Crippen molar-refractivity contribution in [3.63, 3.8) is 0 Å². The molecule has 6 heteroatoms. The van der Waals surface area contributed by atoms with Crippen LogP contribution in [0.4, 0.5) is 0 Å². The largest absolute Gasteiger partial charge is 1.00 e. The third-order valence-electron chi connectivity index (χ3n) is 4.72. The average molecular weight is 394 g/mol. The molecule has 0 aromatic rings. The normalized spacial score (nSPS) is 11.6. The van der Waals surface area contributed by atoms with Crippen LogP contribution in [-0.2, 0) is 14.3 Å². The molecule has 0 saturated heterocycles. The Labute approximate surface area is 188 Å². The van der Waals surface area contributed by atoms with Crippen molar-refractivity contribution in [2.45, 2.75) is 116 Å². The molecule has 0 aromatic heterocycles. The van der Waals surface area contributed by atoms with E-state index < -0.39 is 12.0 Å². The first-order valence-corrected chi connectivity index (χ1v) is 10.7. The van der Waals surface area contributed by atoms with Gasteiger partial charge in [-0.15, -0.1) is 0 Å². The maximum atomic E-state index is 11.4. The summed E-state index contributed by atoms with van der Waals surface area (Å²) in [5.41, 5.74) is 5.28. The van der Waals surface area contributed by atoms with Crippen molar-refractivity contribution in [3.05, 3.63) is 0 Å². The van der Waals surface area contributed by atoms with Crippen molar-refractivity contribution in [2.75, 3.05) is 6.61 Å². The van der Waals surface area contributed by atoms with E-state index in [-0.39, 0.29) is 48.4 Å². The van der Waals surface area contributed by atoms with Gasteiger partial charge < -0.3 is 20.4 Å². The van der Waals surface area contributed by atoms with E-state index in [1.54, 1.807) is 0 Å². The van der Waals surface area contributed by atoms with Gasteiger partial charge in [0.05, 0.1) is 12.6 Å². The van der Waals surface area contributed by atoms with Crippen LogP contribution in [0.5, 0.6) is 0 Å². The number of carbonyl (C=O) groups is 2. The number of carbonyl (C=O) groups excluding carboxylic acids is 2. The van der Waals surface area contributed by atoms with E-state index in [1.807, 2.05) is 0 Å². The number of nitrogens with two attached hydrogens (primary N) is 1. The minimum Gasteiger partial charge on any atom is -0.548 e. The second-order valence-corrected chi connectivity index (χ2v) is 7.28. The Kier molecular flexibility index (Phi) is 23.9. The van der Waals surface area contributed by atoms with Gasteiger partial charge in [0.1, 0.15) is 0 Å². The summed E-state index contributed by atoms with van der Waals surface area (Å²) in [6.07, 6.45) is 18.2. The van der Waals surface area contributed by atoms with Crippen LogP contribution in [0.1, 0.15) is 110 Å². The predicted octanol–water partition coefficient (Wildman–Crippen LogP) is 0.872. The van der Waals surface area contributed by atoms with Crippen LogP contribution in [-0.4, -0.2) is 24.6 Å². The number of rotatable bonds is 19. The van der Waals surface area contributed by atoms with Crippen molar-refractivity contribution >= 4 is 11.9 Å². The Morgan fingerprint density at radius 1 is 0.815 bits per heavy atom. The number of carboxylic acids is 1. The van der Waals surface area contributed by atoms with Crippen LogP contribution in [0.25, 0.3) is 0 Å². The summed E-state index contributed by atoms with van der Waals surface area (Å²) >= 11 is 0. The zero-order valence-electron chi connectivity index (χ0n) is 17.8. The van der Waals surface area contributed by atoms with Crippen molar-refractivity contribution in [1.29, 1.82) is 0 Å². The molecule has 0 bridgehead atoms. The fourth-order valence-corrected chi connectivity index (χ4v) is 2.95. The van der Waals surface area contributed by atoms with E-state index in [4.69, 9.17) is 10.5 Å². The number of esters is 1. The van der Waals surface area contributed by atoms with Crippen molar-refractivity contribution < 1.29 is 49.0 Å². The molecule has 0 unspecified atom stereocenters. The van der Waals surface area contributed by atoms with E-state index >= 15 is 0 Å². The molecule has 1 atom stereocenters. The third kappa shape index (κ3) is 22.1. The van der Waals surface area contributed by atoms with E-state index in [2.05, 4.69) is 6.92 Å². The zero-order chi connectivity index (χ0) is 19.5. The van der Waals surface area contributed by atoms with Gasteiger partial charge in [-0.05, 0) is 12.8 Å². The molecule has 0 heterocycles. The Balaban J connectivity index is 0. The molecule has 2 N–H and O–H groups in total. The van der Waals surface area contributed by atoms with Gasteiger partial charge >= 0.3 is 35.5 Å². The molecule has 27 heavy (non-hydrogen) atoms. The summed E-state index contributed by atoms with van der Waals surface area (Å²) in [4.78, 5) is 21.8. The molecule has 0 aliphatic heterocycles. The quantitative estimate of drug-likeness (QED) is 0.200. The maximum Gasteiger partial charge on any atom is 1.00 e.